The second-order valence-electron chi connectivity index (χ2n) is 5.80. The minimum Gasteiger partial charge on any atom is -0.492 e. The Balaban J connectivity index is 1.70. The molecule has 2 aromatic carbocycles. The molecule has 1 aromatic heterocycles. The summed E-state index contributed by atoms with van der Waals surface area (Å²) in [7, 11) is 1.77. The summed E-state index contributed by atoms with van der Waals surface area (Å²) in [6.45, 7) is 0.889. The van der Waals surface area contributed by atoms with E-state index in [1.807, 2.05) is 30.3 Å². The van der Waals surface area contributed by atoms with Gasteiger partial charge in [-0.05, 0) is 24.3 Å². The number of hydrogen-bond acceptors (Lipinski definition) is 5. The molecule has 0 radical (unpaired) electrons. The number of halogens is 3. The number of para-hydroxylation sites is 1. The lowest BCUT2D eigenvalue weighted by Gasteiger charge is -2.17. The number of anilines is 1. The van der Waals surface area contributed by atoms with Crippen molar-refractivity contribution in [2.45, 2.75) is 6.18 Å². The number of likely N-dealkylation sites (N-methyl/N-ethyl adjacent to an activating group) is 1. The van der Waals surface area contributed by atoms with Gasteiger partial charge in [0.25, 0.3) is 0 Å². The minimum absolute atomic E-state index is 0.307. The highest BCUT2D eigenvalue weighted by Gasteiger charge is 2.30. The van der Waals surface area contributed by atoms with E-state index in [0.717, 1.165) is 17.9 Å². The molecule has 0 atom stereocenters. The largest absolute Gasteiger partial charge is 0.492 e. The molecule has 0 bridgehead atoms. The van der Waals surface area contributed by atoms with Crippen LogP contribution in [0, 0.1) is 0 Å². The van der Waals surface area contributed by atoms with Crippen molar-refractivity contribution in [2.24, 2.45) is 0 Å². The van der Waals surface area contributed by atoms with Crippen LogP contribution < -0.4 is 9.64 Å². The number of ether oxygens (including phenoxy) is 1. The predicted octanol–water partition coefficient (Wildman–Crippen LogP) is 4.07. The minimum atomic E-state index is -4.41. The quantitative estimate of drug-likeness (QED) is 0.651. The van der Waals surface area contributed by atoms with E-state index in [4.69, 9.17) is 4.74 Å². The molecule has 0 aliphatic rings. The van der Waals surface area contributed by atoms with Gasteiger partial charge in [-0.15, -0.1) is 5.10 Å². The summed E-state index contributed by atoms with van der Waals surface area (Å²) in [6.07, 6.45) is -3.07. The number of rotatable bonds is 6. The maximum Gasteiger partial charge on any atom is 0.416 e. The Morgan fingerprint density at radius 2 is 1.81 bits per heavy atom. The molecule has 0 aliphatic heterocycles. The Hall–Kier alpha value is -3.16. The van der Waals surface area contributed by atoms with Gasteiger partial charge < -0.3 is 9.64 Å². The van der Waals surface area contributed by atoms with Crippen LogP contribution in [0.4, 0.5) is 19.1 Å². The summed E-state index contributed by atoms with van der Waals surface area (Å²) in [6, 6.07) is 14.3. The zero-order valence-corrected chi connectivity index (χ0v) is 14.5. The van der Waals surface area contributed by atoms with Gasteiger partial charge in [0.2, 0.25) is 5.95 Å². The second-order valence-corrected chi connectivity index (χ2v) is 5.80. The van der Waals surface area contributed by atoms with Crippen LogP contribution in [0.25, 0.3) is 11.3 Å². The standard InChI is InChI=1S/C19H17F3N4O/c1-26(10-11-27-16-8-3-2-4-9-16)18-24-17(13-23-25-18)14-6-5-7-15(12-14)19(20,21)22/h2-9,12-13H,10-11H2,1H3. The third-order valence-electron chi connectivity index (χ3n) is 3.81. The Morgan fingerprint density at radius 3 is 2.56 bits per heavy atom. The second kappa shape index (κ2) is 8.03. The van der Waals surface area contributed by atoms with Crippen LogP contribution >= 0.6 is 0 Å². The lowest BCUT2D eigenvalue weighted by atomic mass is 10.1. The molecule has 0 amide bonds. The Labute approximate surface area is 154 Å². The molecule has 140 valence electrons. The van der Waals surface area contributed by atoms with Gasteiger partial charge in [-0.2, -0.15) is 18.3 Å². The van der Waals surface area contributed by atoms with Crippen LogP contribution in [-0.2, 0) is 6.18 Å². The topological polar surface area (TPSA) is 51.1 Å². The maximum absolute atomic E-state index is 12.9. The number of hydrogen-bond donors (Lipinski definition) is 0. The number of benzene rings is 2. The van der Waals surface area contributed by atoms with E-state index < -0.39 is 11.7 Å². The average Bonchev–Trinajstić information content (AvgIpc) is 2.68. The molecule has 3 aromatic rings. The average molecular weight is 374 g/mol. The van der Waals surface area contributed by atoms with E-state index in [2.05, 4.69) is 15.2 Å². The van der Waals surface area contributed by atoms with Crippen LogP contribution in [0.2, 0.25) is 0 Å². The molecule has 1 heterocycles. The Morgan fingerprint density at radius 1 is 1.04 bits per heavy atom. The molecule has 0 fully saturated rings. The van der Waals surface area contributed by atoms with E-state index in [9.17, 15) is 13.2 Å². The molecule has 0 saturated carbocycles. The molecule has 0 unspecified atom stereocenters. The van der Waals surface area contributed by atoms with Crippen molar-refractivity contribution >= 4 is 5.95 Å². The lowest BCUT2D eigenvalue weighted by molar-refractivity contribution is -0.137. The van der Waals surface area contributed by atoms with Crippen LogP contribution in [-0.4, -0.2) is 35.4 Å². The normalized spacial score (nSPS) is 11.3. The summed E-state index contributed by atoms with van der Waals surface area (Å²) < 4.78 is 44.3. The van der Waals surface area contributed by atoms with Gasteiger partial charge in [0.05, 0.1) is 24.0 Å². The third kappa shape index (κ3) is 4.93. The molecule has 8 heteroatoms. The molecule has 27 heavy (non-hydrogen) atoms. The zero-order chi connectivity index (χ0) is 19.3. The van der Waals surface area contributed by atoms with Crippen molar-refractivity contribution < 1.29 is 17.9 Å². The van der Waals surface area contributed by atoms with Crippen LogP contribution in [0.1, 0.15) is 5.56 Å². The van der Waals surface area contributed by atoms with Crippen molar-refractivity contribution in [1.82, 2.24) is 15.2 Å². The van der Waals surface area contributed by atoms with Crippen molar-refractivity contribution in [2.75, 3.05) is 25.1 Å². The SMILES string of the molecule is CN(CCOc1ccccc1)c1nncc(-c2cccc(C(F)(F)F)c2)n1. The molecular formula is C19H17F3N4O. The summed E-state index contributed by atoms with van der Waals surface area (Å²) in [4.78, 5) is 6.05. The van der Waals surface area contributed by atoms with Gasteiger partial charge >= 0.3 is 6.18 Å². The smallest absolute Gasteiger partial charge is 0.416 e. The van der Waals surface area contributed by atoms with Gasteiger partial charge in [0.1, 0.15) is 12.4 Å². The molecule has 0 N–H and O–H groups in total. The first kappa shape index (κ1) is 18.6. The fourth-order valence-electron chi connectivity index (χ4n) is 2.37. The van der Waals surface area contributed by atoms with Gasteiger partial charge in [-0.1, -0.05) is 30.3 Å². The molecular weight excluding hydrogens is 357 g/mol. The van der Waals surface area contributed by atoms with Gasteiger partial charge in [-0.3, -0.25) is 0 Å². The van der Waals surface area contributed by atoms with E-state index >= 15 is 0 Å². The molecule has 5 nitrogen and oxygen atoms in total. The van der Waals surface area contributed by atoms with Gasteiger partial charge in [0, 0.05) is 12.6 Å². The third-order valence-corrected chi connectivity index (χ3v) is 3.81. The van der Waals surface area contributed by atoms with Crippen molar-refractivity contribution in [1.29, 1.82) is 0 Å². The fourth-order valence-corrected chi connectivity index (χ4v) is 2.37. The maximum atomic E-state index is 12.9. The highest BCUT2D eigenvalue weighted by Crippen LogP contribution is 2.31. The van der Waals surface area contributed by atoms with E-state index in [-0.39, 0.29) is 0 Å². The first-order valence-corrected chi connectivity index (χ1v) is 8.20. The van der Waals surface area contributed by atoms with Gasteiger partial charge in [-0.25, -0.2) is 4.98 Å². The molecule has 0 aliphatic carbocycles. The van der Waals surface area contributed by atoms with Gasteiger partial charge in [0.15, 0.2) is 0 Å². The number of aromatic nitrogens is 3. The first-order valence-electron chi connectivity index (χ1n) is 8.20. The predicted molar refractivity (Wildman–Crippen MR) is 95.5 cm³/mol. The van der Waals surface area contributed by atoms with Crippen LogP contribution in [0.15, 0.2) is 60.8 Å². The first-order chi connectivity index (χ1) is 12.9. The lowest BCUT2D eigenvalue weighted by Crippen LogP contribution is -2.26. The van der Waals surface area contributed by atoms with Crippen molar-refractivity contribution in [3.63, 3.8) is 0 Å². The molecule has 0 saturated heterocycles. The Kier molecular flexibility index (Phi) is 5.54. The zero-order valence-electron chi connectivity index (χ0n) is 14.5. The van der Waals surface area contributed by atoms with Crippen molar-refractivity contribution in [3.8, 4) is 17.0 Å². The number of nitrogens with zero attached hydrogens (tertiary/aromatic N) is 4. The van der Waals surface area contributed by atoms with Crippen molar-refractivity contribution in [3.05, 3.63) is 66.4 Å². The molecule has 3 rings (SSSR count). The van der Waals surface area contributed by atoms with E-state index in [1.165, 1.54) is 12.3 Å². The summed E-state index contributed by atoms with van der Waals surface area (Å²) >= 11 is 0. The van der Waals surface area contributed by atoms with E-state index in [1.54, 1.807) is 18.0 Å². The number of alkyl halides is 3. The summed E-state index contributed by atoms with van der Waals surface area (Å²) in [5.74, 6) is 1.06. The molecule has 0 spiro atoms. The summed E-state index contributed by atoms with van der Waals surface area (Å²) in [5.41, 5.74) is -0.0818. The highest BCUT2D eigenvalue weighted by molar-refractivity contribution is 5.60. The van der Waals surface area contributed by atoms with E-state index in [0.29, 0.717) is 30.4 Å². The highest BCUT2D eigenvalue weighted by atomic mass is 19.4. The monoisotopic (exact) mass is 374 g/mol. The fraction of sp³-hybridized carbons (Fsp3) is 0.211. The summed E-state index contributed by atoms with van der Waals surface area (Å²) in [5, 5.41) is 7.81. The van der Waals surface area contributed by atoms with Crippen LogP contribution in [0.3, 0.4) is 0 Å². The van der Waals surface area contributed by atoms with Crippen LogP contribution in [0.5, 0.6) is 5.75 Å². The Bertz CT molecular complexity index is 887.